The van der Waals surface area contributed by atoms with E-state index in [1.165, 1.54) is 8.66 Å². The molecule has 0 saturated heterocycles. The minimum absolute atomic E-state index is 0.390. The zero-order valence-electron chi connectivity index (χ0n) is 10.2. The van der Waals surface area contributed by atoms with Gasteiger partial charge in [0.25, 0.3) is 0 Å². The highest BCUT2D eigenvalue weighted by Gasteiger charge is 2.39. The Morgan fingerprint density at radius 3 is 2.76 bits per heavy atom. The minimum Gasteiger partial charge on any atom is -0.370 e. The van der Waals surface area contributed by atoms with E-state index in [1.54, 1.807) is 11.3 Å². The van der Waals surface area contributed by atoms with E-state index in [-0.39, 0.29) is 0 Å². The topological polar surface area (TPSA) is 41.6 Å². The fraction of sp³-hybridized carbons (Fsp3) is 0.583. The van der Waals surface area contributed by atoms with Crippen molar-refractivity contribution in [2.75, 3.05) is 13.1 Å². The Kier molecular flexibility index (Phi) is 4.09. The number of hydrogen-bond donors (Lipinski definition) is 1. The lowest BCUT2D eigenvalue weighted by molar-refractivity contribution is 0.458. The molecule has 17 heavy (non-hydrogen) atoms. The summed E-state index contributed by atoms with van der Waals surface area (Å²) in [6, 6.07) is 4.68. The van der Waals surface area contributed by atoms with Crippen LogP contribution < -0.4 is 5.73 Å². The van der Waals surface area contributed by atoms with Gasteiger partial charge in [0.05, 0.1) is 9.83 Å². The first-order valence-electron chi connectivity index (χ1n) is 5.99. The maximum absolute atomic E-state index is 6.00. The van der Waals surface area contributed by atoms with Crippen LogP contribution in [0.1, 0.15) is 31.1 Å². The highest BCUT2D eigenvalue weighted by molar-refractivity contribution is 9.11. The van der Waals surface area contributed by atoms with Gasteiger partial charge in [-0.3, -0.25) is 0 Å². The van der Waals surface area contributed by atoms with E-state index in [0.29, 0.717) is 17.9 Å². The fourth-order valence-electron chi connectivity index (χ4n) is 1.96. The molecule has 0 aliphatic heterocycles. The van der Waals surface area contributed by atoms with Crippen LogP contribution in [0.4, 0.5) is 0 Å². The Balaban J connectivity index is 1.97. The quantitative estimate of drug-likeness (QED) is 0.685. The third-order valence-corrected chi connectivity index (χ3v) is 4.86. The number of rotatable bonds is 4. The predicted molar refractivity (Wildman–Crippen MR) is 77.7 cm³/mol. The molecule has 3 nitrogen and oxygen atoms in total. The fourth-order valence-corrected chi connectivity index (χ4v) is 3.55. The van der Waals surface area contributed by atoms with Crippen molar-refractivity contribution in [3.63, 3.8) is 0 Å². The Labute approximate surface area is 115 Å². The smallest absolute Gasteiger partial charge is 0.191 e. The van der Waals surface area contributed by atoms with Gasteiger partial charge >= 0.3 is 0 Å². The molecule has 0 radical (unpaired) electrons. The molecular formula is C12H18BrN3S. The number of nitrogens with two attached hydrogens (primary N) is 1. The van der Waals surface area contributed by atoms with Crippen molar-refractivity contribution in [1.82, 2.24) is 4.90 Å². The van der Waals surface area contributed by atoms with E-state index in [9.17, 15) is 0 Å². The second kappa shape index (κ2) is 5.40. The Morgan fingerprint density at radius 2 is 2.24 bits per heavy atom. The number of thiophene rings is 1. The minimum atomic E-state index is 0.390. The van der Waals surface area contributed by atoms with E-state index in [1.807, 2.05) is 0 Å². The van der Waals surface area contributed by atoms with Crippen LogP contribution in [0.15, 0.2) is 20.9 Å². The molecule has 1 saturated carbocycles. The number of hydrogen-bond acceptors (Lipinski definition) is 2. The van der Waals surface area contributed by atoms with Gasteiger partial charge in [0.2, 0.25) is 0 Å². The van der Waals surface area contributed by atoms with Crippen molar-refractivity contribution in [3.05, 3.63) is 20.8 Å². The summed E-state index contributed by atoms with van der Waals surface area (Å²) in [5, 5.41) is 0. The summed E-state index contributed by atoms with van der Waals surface area (Å²) in [6.07, 6.45) is 1.13. The molecule has 1 aromatic rings. The van der Waals surface area contributed by atoms with Gasteiger partial charge in [0.1, 0.15) is 0 Å². The molecule has 2 rings (SSSR count). The third kappa shape index (κ3) is 3.01. The molecule has 0 unspecified atom stereocenters. The SMILES string of the molecule is CCN(CC)C(N)=N[C@@H]1C[C@H]1c1ccc(Br)s1. The summed E-state index contributed by atoms with van der Waals surface area (Å²) in [7, 11) is 0. The molecule has 1 aliphatic carbocycles. The molecular weight excluding hydrogens is 298 g/mol. The van der Waals surface area contributed by atoms with Crippen molar-refractivity contribution in [2.24, 2.45) is 10.7 Å². The molecule has 1 heterocycles. The molecule has 0 spiro atoms. The van der Waals surface area contributed by atoms with Gasteiger partial charge < -0.3 is 10.6 Å². The van der Waals surface area contributed by atoms with Gasteiger partial charge in [0.15, 0.2) is 5.96 Å². The molecule has 1 aromatic heterocycles. The third-order valence-electron chi connectivity index (χ3n) is 3.10. The van der Waals surface area contributed by atoms with Crippen LogP contribution in [0.3, 0.4) is 0 Å². The molecule has 1 fully saturated rings. The standard InChI is InChI=1S/C12H18BrN3S/c1-3-16(4-2)12(14)15-9-7-8(9)10-5-6-11(13)17-10/h5-6,8-9H,3-4,7H2,1-2H3,(H2,14,15)/t8-,9-/m1/s1. The molecule has 1 aliphatic rings. The van der Waals surface area contributed by atoms with Gasteiger partial charge in [-0.25, -0.2) is 4.99 Å². The first kappa shape index (κ1) is 12.9. The number of halogens is 1. The number of guanidine groups is 1. The molecule has 5 heteroatoms. The van der Waals surface area contributed by atoms with Crippen LogP contribution in [0.2, 0.25) is 0 Å². The number of aliphatic imine (C=N–C) groups is 1. The molecule has 0 bridgehead atoms. The molecule has 94 valence electrons. The first-order valence-corrected chi connectivity index (χ1v) is 7.60. The van der Waals surface area contributed by atoms with Crippen LogP contribution >= 0.6 is 27.3 Å². The summed E-state index contributed by atoms with van der Waals surface area (Å²) >= 11 is 5.30. The van der Waals surface area contributed by atoms with Crippen LogP contribution in [-0.4, -0.2) is 30.0 Å². The zero-order chi connectivity index (χ0) is 12.4. The maximum atomic E-state index is 6.00. The van der Waals surface area contributed by atoms with E-state index in [4.69, 9.17) is 5.73 Å². The molecule has 0 aromatic carbocycles. The summed E-state index contributed by atoms with van der Waals surface area (Å²) in [6.45, 7) is 6.06. The highest BCUT2D eigenvalue weighted by atomic mass is 79.9. The van der Waals surface area contributed by atoms with E-state index in [2.05, 4.69) is 51.8 Å². The average Bonchev–Trinajstić information content (AvgIpc) is 2.92. The summed E-state index contributed by atoms with van der Waals surface area (Å²) in [5.74, 6) is 1.28. The Bertz CT molecular complexity index is 412. The van der Waals surface area contributed by atoms with Crippen molar-refractivity contribution in [3.8, 4) is 0 Å². The van der Waals surface area contributed by atoms with Crippen LogP contribution in [0, 0.1) is 0 Å². The van der Waals surface area contributed by atoms with Crippen molar-refractivity contribution in [2.45, 2.75) is 32.2 Å². The van der Waals surface area contributed by atoms with Crippen LogP contribution in [0.5, 0.6) is 0 Å². The molecule has 2 atom stereocenters. The highest BCUT2D eigenvalue weighted by Crippen LogP contribution is 2.46. The second-order valence-electron chi connectivity index (χ2n) is 4.21. The van der Waals surface area contributed by atoms with Crippen LogP contribution in [0.25, 0.3) is 0 Å². The van der Waals surface area contributed by atoms with Crippen LogP contribution in [-0.2, 0) is 0 Å². The Hall–Kier alpha value is -0.550. The molecule has 0 amide bonds. The lowest BCUT2D eigenvalue weighted by Crippen LogP contribution is -2.37. The average molecular weight is 316 g/mol. The summed E-state index contributed by atoms with van der Waals surface area (Å²) in [5.41, 5.74) is 6.00. The maximum Gasteiger partial charge on any atom is 0.191 e. The van der Waals surface area contributed by atoms with E-state index >= 15 is 0 Å². The van der Waals surface area contributed by atoms with Gasteiger partial charge in [-0.1, -0.05) is 0 Å². The predicted octanol–water partition coefficient (Wildman–Crippen LogP) is 3.02. The molecule has 2 N–H and O–H groups in total. The van der Waals surface area contributed by atoms with Gasteiger partial charge in [0, 0.05) is 23.9 Å². The van der Waals surface area contributed by atoms with E-state index < -0.39 is 0 Å². The van der Waals surface area contributed by atoms with Gasteiger partial charge in [-0.15, -0.1) is 11.3 Å². The summed E-state index contributed by atoms with van der Waals surface area (Å²) < 4.78 is 1.19. The first-order chi connectivity index (χ1) is 8.15. The van der Waals surface area contributed by atoms with Crippen molar-refractivity contribution in [1.29, 1.82) is 0 Å². The normalized spacial score (nSPS) is 23.8. The zero-order valence-corrected chi connectivity index (χ0v) is 12.6. The van der Waals surface area contributed by atoms with Crippen molar-refractivity contribution < 1.29 is 0 Å². The second-order valence-corrected chi connectivity index (χ2v) is 6.71. The van der Waals surface area contributed by atoms with E-state index in [0.717, 1.165) is 19.5 Å². The number of nitrogens with zero attached hydrogens (tertiary/aromatic N) is 2. The van der Waals surface area contributed by atoms with Gasteiger partial charge in [-0.05, 0) is 48.3 Å². The lowest BCUT2D eigenvalue weighted by atomic mass is 10.3. The monoisotopic (exact) mass is 315 g/mol. The lowest BCUT2D eigenvalue weighted by Gasteiger charge is -2.19. The van der Waals surface area contributed by atoms with Crippen molar-refractivity contribution >= 4 is 33.2 Å². The van der Waals surface area contributed by atoms with Gasteiger partial charge in [-0.2, -0.15) is 0 Å². The summed E-state index contributed by atoms with van der Waals surface area (Å²) in [4.78, 5) is 8.12. The Morgan fingerprint density at radius 1 is 1.53 bits per heavy atom. The largest absolute Gasteiger partial charge is 0.370 e.